The molecule has 1 aromatic carbocycles. The molecule has 1 fully saturated rings. The van der Waals surface area contributed by atoms with Gasteiger partial charge in [-0.2, -0.15) is 0 Å². The molecule has 0 aromatic heterocycles. The summed E-state index contributed by atoms with van der Waals surface area (Å²) in [5.74, 6) is -0.545. The van der Waals surface area contributed by atoms with Crippen molar-refractivity contribution in [2.24, 2.45) is 0 Å². The molecular weight excluding hydrogens is 269 g/mol. The first-order valence-electron chi connectivity index (χ1n) is 6.44. The lowest BCUT2D eigenvalue weighted by atomic mass is 10.1. The summed E-state index contributed by atoms with van der Waals surface area (Å²) in [6.07, 6.45) is 2.02. The number of piperidine rings is 1. The molecule has 1 heterocycles. The smallest absolute Gasteiger partial charge is 0.169 e. The van der Waals surface area contributed by atoms with Gasteiger partial charge >= 0.3 is 0 Å². The first-order chi connectivity index (χ1) is 9.04. The van der Waals surface area contributed by atoms with Crippen LogP contribution in [0.1, 0.15) is 19.8 Å². The fourth-order valence-corrected chi connectivity index (χ4v) is 2.64. The minimum Gasteiger partial charge on any atom is -0.397 e. The van der Waals surface area contributed by atoms with Crippen molar-refractivity contribution in [3.05, 3.63) is 16.9 Å². The van der Waals surface area contributed by atoms with Crippen LogP contribution in [-0.4, -0.2) is 25.8 Å². The van der Waals surface area contributed by atoms with Gasteiger partial charge in [0.05, 0.1) is 23.2 Å². The largest absolute Gasteiger partial charge is 0.397 e. The molecule has 1 aliphatic heterocycles. The van der Waals surface area contributed by atoms with Gasteiger partial charge in [0.2, 0.25) is 0 Å². The van der Waals surface area contributed by atoms with Gasteiger partial charge in [-0.1, -0.05) is 11.6 Å². The highest BCUT2D eigenvalue weighted by Gasteiger charge is 2.25. The van der Waals surface area contributed by atoms with Crippen molar-refractivity contribution >= 4 is 28.7 Å². The normalized spacial score (nSPS) is 19.7. The molecule has 0 radical (unpaired) electrons. The maximum Gasteiger partial charge on any atom is 0.169 e. The number of anilines is 3. The molecule has 0 aliphatic carbocycles. The summed E-state index contributed by atoms with van der Waals surface area (Å²) < 4.78 is 19.9. The summed E-state index contributed by atoms with van der Waals surface area (Å²) in [6.45, 7) is 3.97. The third-order valence-electron chi connectivity index (χ3n) is 3.34. The Balaban J connectivity index is 2.28. The standard InChI is InChI=1S/C13H19ClFN3O/c1-2-19-8-4-3-5-18(7-8)13-10(17)6-9(16)11(14)12(13)15/h6,8H,2-5,7,16-17H2,1H3. The van der Waals surface area contributed by atoms with Gasteiger partial charge in [0.1, 0.15) is 5.02 Å². The van der Waals surface area contributed by atoms with Crippen molar-refractivity contribution in [2.75, 3.05) is 36.1 Å². The first-order valence-corrected chi connectivity index (χ1v) is 6.81. The lowest BCUT2D eigenvalue weighted by Gasteiger charge is -2.35. The highest BCUT2D eigenvalue weighted by Crippen LogP contribution is 2.37. The molecular formula is C13H19ClFN3O. The third-order valence-corrected chi connectivity index (χ3v) is 3.72. The monoisotopic (exact) mass is 287 g/mol. The van der Waals surface area contributed by atoms with Gasteiger partial charge in [-0.25, -0.2) is 4.39 Å². The summed E-state index contributed by atoms with van der Waals surface area (Å²) in [6, 6.07) is 1.50. The average molecular weight is 288 g/mol. The third kappa shape index (κ3) is 2.87. The van der Waals surface area contributed by atoms with E-state index in [0.717, 1.165) is 19.4 Å². The van der Waals surface area contributed by atoms with Crippen LogP contribution in [0.5, 0.6) is 0 Å². The number of nitrogens with zero attached hydrogens (tertiary/aromatic N) is 1. The minimum atomic E-state index is -0.545. The summed E-state index contributed by atoms with van der Waals surface area (Å²) in [5.41, 5.74) is 12.3. The molecule has 0 bridgehead atoms. The zero-order valence-electron chi connectivity index (χ0n) is 11.0. The molecule has 6 heteroatoms. The van der Waals surface area contributed by atoms with Crippen molar-refractivity contribution < 1.29 is 9.13 Å². The van der Waals surface area contributed by atoms with E-state index in [1.807, 2.05) is 11.8 Å². The van der Waals surface area contributed by atoms with Crippen LogP contribution in [0.2, 0.25) is 5.02 Å². The van der Waals surface area contributed by atoms with Crippen LogP contribution in [0.15, 0.2) is 6.07 Å². The van der Waals surface area contributed by atoms with Crippen LogP contribution in [0, 0.1) is 5.82 Å². The second kappa shape index (κ2) is 5.84. The SMILES string of the molecule is CCOC1CCCN(c2c(N)cc(N)c(Cl)c2F)C1. The summed E-state index contributed by atoms with van der Waals surface area (Å²) in [7, 11) is 0. The van der Waals surface area contributed by atoms with Gasteiger partial charge in [0.15, 0.2) is 5.82 Å². The van der Waals surface area contributed by atoms with Crippen LogP contribution < -0.4 is 16.4 Å². The topological polar surface area (TPSA) is 64.5 Å². The molecule has 19 heavy (non-hydrogen) atoms. The Labute approximate surface area is 117 Å². The van der Waals surface area contributed by atoms with Gasteiger partial charge in [-0.05, 0) is 25.8 Å². The Morgan fingerprint density at radius 3 is 2.89 bits per heavy atom. The van der Waals surface area contributed by atoms with Crippen molar-refractivity contribution in [3.63, 3.8) is 0 Å². The second-order valence-electron chi connectivity index (χ2n) is 4.70. The average Bonchev–Trinajstić information content (AvgIpc) is 2.37. The van der Waals surface area contributed by atoms with E-state index in [0.29, 0.717) is 24.5 Å². The quantitative estimate of drug-likeness (QED) is 0.839. The first kappa shape index (κ1) is 14.2. The Morgan fingerprint density at radius 1 is 1.47 bits per heavy atom. The Hall–Kier alpha value is -1.20. The van der Waals surface area contributed by atoms with E-state index >= 15 is 0 Å². The lowest BCUT2D eigenvalue weighted by molar-refractivity contribution is 0.0526. The van der Waals surface area contributed by atoms with Gasteiger partial charge < -0.3 is 21.1 Å². The number of halogens is 2. The maximum atomic E-state index is 14.2. The highest BCUT2D eigenvalue weighted by atomic mass is 35.5. The van der Waals surface area contributed by atoms with Crippen molar-refractivity contribution in [1.29, 1.82) is 0 Å². The predicted octanol–water partition coefficient (Wildman–Crippen LogP) is 2.65. The molecule has 0 amide bonds. The molecule has 2 rings (SSSR count). The van der Waals surface area contributed by atoms with Crippen LogP contribution in [0.25, 0.3) is 0 Å². The Bertz CT molecular complexity index is 468. The van der Waals surface area contributed by atoms with Crippen LogP contribution in [0.4, 0.5) is 21.5 Å². The molecule has 1 saturated heterocycles. The van der Waals surface area contributed by atoms with Crippen LogP contribution >= 0.6 is 11.6 Å². The molecule has 4 N–H and O–H groups in total. The van der Waals surface area contributed by atoms with Crippen molar-refractivity contribution in [2.45, 2.75) is 25.9 Å². The second-order valence-corrected chi connectivity index (χ2v) is 5.08. The van der Waals surface area contributed by atoms with E-state index in [9.17, 15) is 4.39 Å². The molecule has 1 atom stereocenters. The Kier molecular flexibility index (Phi) is 4.37. The van der Waals surface area contributed by atoms with E-state index in [1.165, 1.54) is 6.07 Å². The highest BCUT2D eigenvalue weighted by molar-refractivity contribution is 6.33. The fourth-order valence-electron chi connectivity index (χ4n) is 2.49. The molecule has 0 saturated carbocycles. The van der Waals surface area contributed by atoms with E-state index in [1.54, 1.807) is 0 Å². The molecule has 4 nitrogen and oxygen atoms in total. The van der Waals surface area contributed by atoms with Gasteiger partial charge in [0, 0.05) is 19.7 Å². The van der Waals surface area contributed by atoms with E-state index < -0.39 is 5.82 Å². The predicted molar refractivity (Wildman–Crippen MR) is 77.1 cm³/mol. The maximum absolute atomic E-state index is 14.2. The molecule has 1 unspecified atom stereocenters. The van der Waals surface area contributed by atoms with Crippen molar-refractivity contribution in [3.8, 4) is 0 Å². The lowest BCUT2D eigenvalue weighted by Crippen LogP contribution is -2.40. The number of nitrogens with two attached hydrogens (primary N) is 2. The van der Waals surface area contributed by atoms with Gasteiger partial charge in [-0.15, -0.1) is 0 Å². The molecule has 1 aliphatic rings. The Morgan fingerprint density at radius 2 is 2.21 bits per heavy atom. The number of nitrogen functional groups attached to an aromatic ring is 2. The van der Waals surface area contributed by atoms with Crippen molar-refractivity contribution in [1.82, 2.24) is 0 Å². The number of ether oxygens (including phenoxy) is 1. The van der Waals surface area contributed by atoms with Gasteiger partial charge in [-0.3, -0.25) is 0 Å². The van der Waals surface area contributed by atoms with Crippen LogP contribution in [-0.2, 0) is 4.74 Å². The number of rotatable bonds is 3. The molecule has 1 aromatic rings. The summed E-state index contributed by atoms with van der Waals surface area (Å²) in [4.78, 5) is 1.89. The van der Waals surface area contributed by atoms with E-state index in [-0.39, 0.29) is 16.8 Å². The minimum absolute atomic E-state index is 0.0669. The number of hydrogen-bond donors (Lipinski definition) is 2. The molecule has 106 valence electrons. The zero-order chi connectivity index (χ0) is 14.0. The van der Waals surface area contributed by atoms with Crippen LogP contribution in [0.3, 0.4) is 0 Å². The van der Waals surface area contributed by atoms with E-state index in [4.69, 9.17) is 27.8 Å². The van der Waals surface area contributed by atoms with Gasteiger partial charge in [0.25, 0.3) is 0 Å². The molecule has 0 spiro atoms. The fraction of sp³-hybridized carbons (Fsp3) is 0.538. The number of benzene rings is 1. The zero-order valence-corrected chi connectivity index (χ0v) is 11.7. The van der Waals surface area contributed by atoms with E-state index in [2.05, 4.69) is 0 Å². The summed E-state index contributed by atoms with van der Waals surface area (Å²) in [5, 5.41) is -0.0669. The summed E-state index contributed by atoms with van der Waals surface area (Å²) >= 11 is 5.86. The number of hydrogen-bond acceptors (Lipinski definition) is 4.